The summed E-state index contributed by atoms with van der Waals surface area (Å²) in [5.41, 5.74) is 0.457. The first kappa shape index (κ1) is 15.4. The van der Waals surface area contributed by atoms with E-state index in [-0.39, 0.29) is 0 Å². The van der Waals surface area contributed by atoms with Crippen molar-refractivity contribution in [1.29, 1.82) is 0 Å². The summed E-state index contributed by atoms with van der Waals surface area (Å²) < 4.78 is 24.6. The molecule has 1 N–H and O–H groups in total. The van der Waals surface area contributed by atoms with E-state index in [4.69, 9.17) is 0 Å². The standard InChI is InChI=1S/C10H17BrN4O2S/c1-14(2)4-5-15(3)10-9(13-18(16)17)6-8(11)7-12-10/h6-7,13H,4-5H2,1-3H3,(H,16,17)/p-1. The average molecular weight is 336 g/mol. The minimum Gasteiger partial charge on any atom is -0.755 e. The third kappa shape index (κ3) is 4.89. The second-order valence-electron chi connectivity index (χ2n) is 4.09. The maximum atomic E-state index is 10.7. The molecular formula is C10H16BrN4O2S-. The van der Waals surface area contributed by atoms with Crippen molar-refractivity contribution >= 4 is 38.7 Å². The van der Waals surface area contributed by atoms with Gasteiger partial charge in [-0.25, -0.2) is 4.98 Å². The van der Waals surface area contributed by atoms with E-state index in [0.29, 0.717) is 11.5 Å². The summed E-state index contributed by atoms with van der Waals surface area (Å²) in [6.07, 6.45) is 1.64. The van der Waals surface area contributed by atoms with Gasteiger partial charge in [0.2, 0.25) is 0 Å². The van der Waals surface area contributed by atoms with Gasteiger partial charge >= 0.3 is 0 Å². The fourth-order valence-corrected chi connectivity index (χ4v) is 2.02. The Morgan fingerprint density at radius 3 is 2.67 bits per heavy atom. The van der Waals surface area contributed by atoms with E-state index in [2.05, 4.69) is 25.6 Å². The van der Waals surface area contributed by atoms with Crippen LogP contribution in [0.2, 0.25) is 0 Å². The molecule has 1 aromatic heterocycles. The number of hydrogen-bond donors (Lipinski definition) is 1. The van der Waals surface area contributed by atoms with Gasteiger partial charge in [0.15, 0.2) is 5.82 Å². The molecule has 1 atom stereocenters. The Hall–Kier alpha value is -0.700. The highest BCUT2D eigenvalue weighted by Gasteiger charge is 2.10. The monoisotopic (exact) mass is 335 g/mol. The van der Waals surface area contributed by atoms with E-state index >= 15 is 0 Å². The van der Waals surface area contributed by atoms with E-state index in [0.717, 1.165) is 17.6 Å². The Bertz CT molecular complexity index is 430. The molecule has 102 valence electrons. The van der Waals surface area contributed by atoms with Gasteiger partial charge in [-0.2, -0.15) is 0 Å². The SMILES string of the molecule is CN(C)CCN(C)c1ncc(Br)cc1NS(=O)[O-]. The minimum absolute atomic E-state index is 0.457. The second kappa shape index (κ2) is 7.03. The first-order valence-electron chi connectivity index (χ1n) is 5.27. The lowest BCUT2D eigenvalue weighted by atomic mass is 10.3. The summed E-state index contributed by atoms with van der Waals surface area (Å²) in [6.45, 7) is 1.61. The van der Waals surface area contributed by atoms with Crippen LogP contribution in [0.5, 0.6) is 0 Å². The van der Waals surface area contributed by atoms with E-state index in [9.17, 15) is 8.76 Å². The molecule has 0 radical (unpaired) electrons. The third-order valence-corrected chi connectivity index (χ3v) is 3.09. The zero-order chi connectivity index (χ0) is 13.7. The van der Waals surface area contributed by atoms with Crippen molar-refractivity contribution in [2.45, 2.75) is 0 Å². The molecular weight excluding hydrogens is 320 g/mol. The molecule has 0 aromatic carbocycles. The van der Waals surface area contributed by atoms with Crippen molar-refractivity contribution in [2.75, 3.05) is 43.9 Å². The van der Waals surface area contributed by atoms with Crippen LogP contribution in [0.1, 0.15) is 0 Å². The summed E-state index contributed by atoms with van der Waals surface area (Å²) in [6, 6.07) is 1.68. The van der Waals surface area contributed by atoms with Crippen molar-refractivity contribution < 1.29 is 8.76 Å². The lowest BCUT2D eigenvalue weighted by Gasteiger charge is -2.23. The van der Waals surface area contributed by atoms with Crippen LogP contribution in [-0.4, -0.2) is 52.9 Å². The molecule has 0 aliphatic heterocycles. The van der Waals surface area contributed by atoms with Gasteiger partial charge in [-0.1, -0.05) is 0 Å². The number of hydrogen-bond acceptors (Lipinski definition) is 5. The van der Waals surface area contributed by atoms with Crippen LogP contribution >= 0.6 is 15.9 Å². The summed E-state index contributed by atoms with van der Waals surface area (Å²) >= 11 is 0.905. The van der Waals surface area contributed by atoms with Gasteiger partial charge in [-0.15, -0.1) is 0 Å². The van der Waals surface area contributed by atoms with Crippen LogP contribution in [-0.2, 0) is 11.3 Å². The number of halogens is 1. The number of aromatic nitrogens is 1. The maximum absolute atomic E-state index is 10.7. The molecule has 0 aliphatic rings. The molecule has 18 heavy (non-hydrogen) atoms. The second-order valence-corrected chi connectivity index (χ2v) is 5.68. The van der Waals surface area contributed by atoms with Crippen LogP contribution in [0.25, 0.3) is 0 Å². The summed E-state index contributed by atoms with van der Waals surface area (Å²) in [7, 11) is 5.84. The molecule has 1 unspecified atom stereocenters. The average Bonchev–Trinajstić information content (AvgIpc) is 2.25. The molecule has 1 aromatic rings. The van der Waals surface area contributed by atoms with Crippen molar-refractivity contribution in [1.82, 2.24) is 9.88 Å². The van der Waals surface area contributed by atoms with Gasteiger partial charge in [0, 0.05) is 42.1 Å². The number of rotatable bonds is 6. The Kier molecular flexibility index (Phi) is 6.00. The van der Waals surface area contributed by atoms with E-state index in [1.54, 1.807) is 12.3 Å². The van der Waals surface area contributed by atoms with E-state index < -0.39 is 11.3 Å². The number of nitrogens with zero attached hydrogens (tertiary/aromatic N) is 3. The molecule has 0 bridgehead atoms. The zero-order valence-corrected chi connectivity index (χ0v) is 12.9. The summed E-state index contributed by atoms with van der Waals surface area (Å²) in [4.78, 5) is 8.19. The number of likely N-dealkylation sites (N-methyl/N-ethyl adjacent to an activating group) is 2. The van der Waals surface area contributed by atoms with E-state index in [1.165, 1.54) is 0 Å². The quantitative estimate of drug-likeness (QED) is 0.786. The first-order chi connectivity index (χ1) is 8.40. The Labute approximate surface area is 118 Å². The van der Waals surface area contributed by atoms with Gasteiger partial charge in [0.1, 0.15) is 0 Å². The Morgan fingerprint density at radius 1 is 1.44 bits per heavy atom. The molecule has 0 fully saturated rings. The lowest BCUT2D eigenvalue weighted by Crippen LogP contribution is -2.29. The molecule has 0 amide bonds. The lowest BCUT2D eigenvalue weighted by molar-refractivity contribution is 0.416. The smallest absolute Gasteiger partial charge is 0.152 e. The van der Waals surface area contributed by atoms with Crippen LogP contribution in [0.3, 0.4) is 0 Å². The Morgan fingerprint density at radius 2 is 2.11 bits per heavy atom. The van der Waals surface area contributed by atoms with Crippen molar-refractivity contribution in [3.05, 3.63) is 16.7 Å². The van der Waals surface area contributed by atoms with Gasteiger partial charge < -0.3 is 19.1 Å². The largest absolute Gasteiger partial charge is 0.755 e. The number of pyridine rings is 1. The molecule has 0 saturated heterocycles. The molecule has 8 heteroatoms. The Balaban J connectivity index is 2.88. The molecule has 1 rings (SSSR count). The van der Waals surface area contributed by atoms with Crippen LogP contribution in [0, 0.1) is 0 Å². The molecule has 0 spiro atoms. The highest BCUT2D eigenvalue weighted by molar-refractivity contribution is 9.10. The molecule has 0 saturated carbocycles. The number of nitrogens with one attached hydrogen (secondary N) is 1. The van der Waals surface area contributed by atoms with Gasteiger partial charge in [-0.3, -0.25) is 4.21 Å². The first-order valence-corrected chi connectivity index (χ1v) is 7.14. The van der Waals surface area contributed by atoms with Crippen LogP contribution in [0.15, 0.2) is 16.7 Å². The van der Waals surface area contributed by atoms with Crippen molar-refractivity contribution in [3.8, 4) is 0 Å². The fraction of sp³-hybridized carbons (Fsp3) is 0.500. The van der Waals surface area contributed by atoms with Crippen molar-refractivity contribution in [3.63, 3.8) is 0 Å². The summed E-state index contributed by atoms with van der Waals surface area (Å²) in [5.74, 6) is 0.601. The highest BCUT2D eigenvalue weighted by Crippen LogP contribution is 2.25. The predicted molar refractivity (Wildman–Crippen MR) is 76.3 cm³/mol. The molecule has 1 heterocycles. The molecule has 6 nitrogen and oxygen atoms in total. The third-order valence-electron chi connectivity index (χ3n) is 2.27. The van der Waals surface area contributed by atoms with Crippen LogP contribution in [0.4, 0.5) is 11.5 Å². The van der Waals surface area contributed by atoms with Gasteiger partial charge in [0.05, 0.1) is 5.69 Å². The fourth-order valence-electron chi connectivity index (χ4n) is 1.36. The minimum atomic E-state index is -2.36. The summed E-state index contributed by atoms with van der Waals surface area (Å²) in [5, 5.41) is 0. The maximum Gasteiger partial charge on any atom is 0.152 e. The van der Waals surface area contributed by atoms with Crippen LogP contribution < -0.4 is 9.62 Å². The van der Waals surface area contributed by atoms with Gasteiger partial charge in [0.25, 0.3) is 0 Å². The topological polar surface area (TPSA) is 71.5 Å². The highest BCUT2D eigenvalue weighted by atomic mass is 79.9. The molecule has 0 aliphatic carbocycles. The zero-order valence-electron chi connectivity index (χ0n) is 10.5. The normalized spacial score (nSPS) is 12.6. The van der Waals surface area contributed by atoms with Gasteiger partial charge in [-0.05, 0) is 36.1 Å². The van der Waals surface area contributed by atoms with Crippen molar-refractivity contribution in [2.24, 2.45) is 0 Å². The number of anilines is 2. The predicted octanol–water partition coefficient (Wildman–Crippen LogP) is 1.05. The van der Waals surface area contributed by atoms with E-state index in [1.807, 2.05) is 30.9 Å².